The Bertz CT molecular complexity index is 753. The van der Waals surface area contributed by atoms with E-state index in [4.69, 9.17) is 20.8 Å². The van der Waals surface area contributed by atoms with Gasteiger partial charge in [0.15, 0.2) is 0 Å². The van der Waals surface area contributed by atoms with Crippen molar-refractivity contribution in [2.24, 2.45) is 0 Å². The fraction of sp³-hybridized carbons (Fsp3) is 0.400. The summed E-state index contributed by atoms with van der Waals surface area (Å²) in [4.78, 5) is 25.3. The van der Waals surface area contributed by atoms with Gasteiger partial charge in [-0.25, -0.2) is 4.79 Å². The van der Waals surface area contributed by atoms with Gasteiger partial charge in [-0.15, -0.1) is 5.10 Å². The van der Waals surface area contributed by atoms with Crippen LogP contribution in [0.25, 0.3) is 0 Å². The molecule has 3 rings (SSSR count). The minimum absolute atomic E-state index is 0.0732. The van der Waals surface area contributed by atoms with Crippen molar-refractivity contribution in [3.8, 4) is 5.75 Å². The zero-order valence-electron chi connectivity index (χ0n) is 12.6. The number of carbonyl (C=O) groups is 1. The zero-order valence-corrected chi connectivity index (χ0v) is 13.3. The fourth-order valence-corrected chi connectivity index (χ4v) is 2.62. The quantitative estimate of drug-likeness (QED) is 0.844. The average Bonchev–Trinajstić information content (AvgIpc) is 3.09. The molecule has 1 atom stereocenters. The number of hydrogen-bond donors (Lipinski definition) is 0. The minimum Gasteiger partial charge on any atom is -0.489 e. The zero-order chi connectivity index (χ0) is 16.4. The van der Waals surface area contributed by atoms with Gasteiger partial charge in [-0.05, 0) is 24.3 Å². The van der Waals surface area contributed by atoms with Gasteiger partial charge in [0.1, 0.15) is 18.4 Å². The van der Waals surface area contributed by atoms with Crippen LogP contribution in [0.3, 0.4) is 0 Å². The second-order valence-corrected chi connectivity index (χ2v) is 5.80. The smallest absolute Gasteiger partial charge is 0.437 e. The first-order chi connectivity index (χ1) is 11.0. The average molecular weight is 338 g/mol. The standard InChI is InChI=1S/C15H16ClN3O4/c1-10-17-19(15(21)22-10)9-14(20)18-7-6-13(8-18)23-12-4-2-11(16)3-5-12/h2-5,13H,6-9H2,1H3. The van der Waals surface area contributed by atoms with Gasteiger partial charge in [0.25, 0.3) is 0 Å². The molecule has 0 N–H and O–H groups in total. The third-order valence-corrected chi connectivity index (χ3v) is 3.86. The first-order valence-corrected chi connectivity index (χ1v) is 7.63. The van der Waals surface area contributed by atoms with Crippen molar-refractivity contribution in [1.82, 2.24) is 14.7 Å². The third kappa shape index (κ3) is 3.73. The first kappa shape index (κ1) is 15.6. The van der Waals surface area contributed by atoms with Gasteiger partial charge in [0.2, 0.25) is 11.8 Å². The van der Waals surface area contributed by atoms with E-state index in [1.807, 2.05) is 0 Å². The van der Waals surface area contributed by atoms with Gasteiger partial charge in [-0.1, -0.05) is 11.6 Å². The second kappa shape index (κ2) is 6.45. The van der Waals surface area contributed by atoms with Crippen LogP contribution in [0.4, 0.5) is 0 Å². The van der Waals surface area contributed by atoms with E-state index in [1.54, 1.807) is 36.1 Å². The molecule has 23 heavy (non-hydrogen) atoms. The molecule has 122 valence electrons. The van der Waals surface area contributed by atoms with Crippen molar-refractivity contribution in [3.63, 3.8) is 0 Å². The van der Waals surface area contributed by atoms with Gasteiger partial charge >= 0.3 is 5.76 Å². The van der Waals surface area contributed by atoms with Crippen molar-refractivity contribution in [2.45, 2.75) is 26.0 Å². The molecule has 0 saturated carbocycles. The van der Waals surface area contributed by atoms with E-state index in [9.17, 15) is 9.59 Å². The lowest BCUT2D eigenvalue weighted by molar-refractivity contribution is -0.131. The Morgan fingerprint density at radius 3 is 2.83 bits per heavy atom. The summed E-state index contributed by atoms with van der Waals surface area (Å²) in [6.45, 7) is 2.51. The predicted octanol–water partition coefficient (Wildman–Crippen LogP) is 1.48. The van der Waals surface area contributed by atoms with Crippen molar-refractivity contribution in [3.05, 3.63) is 45.7 Å². The van der Waals surface area contributed by atoms with Crippen LogP contribution in [0.1, 0.15) is 12.3 Å². The van der Waals surface area contributed by atoms with E-state index in [2.05, 4.69) is 5.10 Å². The summed E-state index contributed by atoms with van der Waals surface area (Å²) in [6, 6.07) is 7.11. The molecule has 1 aromatic heterocycles. The topological polar surface area (TPSA) is 77.6 Å². The van der Waals surface area contributed by atoms with Gasteiger partial charge in [0.05, 0.1) is 6.54 Å². The van der Waals surface area contributed by atoms with E-state index in [-0.39, 0.29) is 24.4 Å². The number of carbonyl (C=O) groups excluding carboxylic acids is 1. The highest BCUT2D eigenvalue weighted by Gasteiger charge is 2.28. The fourth-order valence-electron chi connectivity index (χ4n) is 2.49. The first-order valence-electron chi connectivity index (χ1n) is 7.26. The number of rotatable bonds is 4. The molecule has 0 bridgehead atoms. The van der Waals surface area contributed by atoms with Crippen LogP contribution in [0, 0.1) is 6.92 Å². The molecule has 1 saturated heterocycles. The number of benzene rings is 1. The molecule has 7 nitrogen and oxygen atoms in total. The van der Waals surface area contributed by atoms with Crippen LogP contribution in [-0.2, 0) is 11.3 Å². The van der Waals surface area contributed by atoms with Gasteiger partial charge in [0, 0.05) is 24.9 Å². The minimum atomic E-state index is -0.621. The molecule has 1 aliphatic heterocycles. The number of halogens is 1. The summed E-state index contributed by atoms with van der Waals surface area (Å²) < 4.78 is 11.6. The normalized spacial score (nSPS) is 17.5. The highest BCUT2D eigenvalue weighted by Crippen LogP contribution is 2.20. The maximum Gasteiger partial charge on any atom is 0.437 e. The van der Waals surface area contributed by atoms with E-state index < -0.39 is 5.76 Å². The SMILES string of the molecule is Cc1nn(CC(=O)N2CCC(Oc3ccc(Cl)cc3)C2)c(=O)o1. The number of aryl methyl sites for hydroxylation is 1. The van der Waals surface area contributed by atoms with E-state index in [0.717, 1.165) is 16.9 Å². The molecule has 0 aliphatic carbocycles. The summed E-state index contributed by atoms with van der Waals surface area (Å²) in [5.41, 5.74) is 0. The van der Waals surface area contributed by atoms with Crippen LogP contribution < -0.4 is 10.5 Å². The molecule has 8 heteroatoms. The Hall–Kier alpha value is -2.28. The molecular weight excluding hydrogens is 322 g/mol. The highest BCUT2D eigenvalue weighted by molar-refractivity contribution is 6.30. The molecule has 0 spiro atoms. The molecular formula is C15H16ClN3O4. The summed E-state index contributed by atoms with van der Waals surface area (Å²) in [5.74, 6) is 0.164. The molecule has 1 aromatic carbocycles. The van der Waals surface area contributed by atoms with Crippen molar-refractivity contribution < 1.29 is 13.9 Å². The van der Waals surface area contributed by atoms with E-state index >= 15 is 0 Å². The Balaban J connectivity index is 1.56. The molecule has 2 heterocycles. The largest absolute Gasteiger partial charge is 0.489 e. The third-order valence-electron chi connectivity index (χ3n) is 3.61. The monoisotopic (exact) mass is 337 g/mol. The number of nitrogens with zero attached hydrogens (tertiary/aromatic N) is 3. The van der Waals surface area contributed by atoms with Crippen LogP contribution in [0.5, 0.6) is 5.75 Å². The number of amides is 1. The van der Waals surface area contributed by atoms with Crippen molar-refractivity contribution >= 4 is 17.5 Å². The van der Waals surface area contributed by atoms with E-state index in [0.29, 0.717) is 18.1 Å². The van der Waals surface area contributed by atoms with E-state index in [1.165, 1.54) is 0 Å². The Morgan fingerprint density at radius 2 is 2.17 bits per heavy atom. The predicted molar refractivity (Wildman–Crippen MR) is 82.6 cm³/mol. The molecule has 1 amide bonds. The van der Waals surface area contributed by atoms with Gasteiger partial charge in [-0.2, -0.15) is 4.68 Å². The number of hydrogen-bond acceptors (Lipinski definition) is 5. The highest BCUT2D eigenvalue weighted by atomic mass is 35.5. The van der Waals surface area contributed by atoms with Crippen molar-refractivity contribution in [1.29, 1.82) is 0 Å². The van der Waals surface area contributed by atoms with Gasteiger partial charge < -0.3 is 14.1 Å². The Kier molecular flexibility index (Phi) is 4.38. The maximum atomic E-state index is 12.2. The lowest BCUT2D eigenvalue weighted by Gasteiger charge is -2.17. The van der Waals surface area contributed by atoms with Crippen LogP contribution >= 0.6 is 11.6 Å². The number of ether oxygens (including phenoxy) is 1. The molecule has 1 aliphatic rings. The number of likely N-dealkylation sites (tertiary alicyclic amines) is 1. The summed E-state index contributed by atoms with van der Waals surface area (Å²) in [6.07, 6.45) is 0.664. The molecule has 0 radical (unpaired) electrons. The molecule has 2 aromatic rings. The van der Waals surface area contributed by atoms with Crippen LogP contribution in [0.2, 0.25) is 5.02 Å². The Morgan fingerprint density at radius 1 is 1.43 bits per heavy atom. The molecule has 1 unspecified atom stereocenters. The summed E-state index contributed by atoms with van der Waals surface area (Å²) in [5, 5.41) is 4.51. The molecule has 1 fully saturated rings. The van der Waals surface area contributed by atoms with Crippen LogP contribution in [-0.4, -0.2) is 39.8 Å². The second-order valence-electron chi connectivity index (χ2n) is 5.37. The summed E-state index contributed by atoms with van der Waals surface area (Å²) in [7, 11) is 0. The lowest BCUT2D eigenvalue weighted by atomic mass is 10.3. The lowest BCUT2D eigenvalue weighted by Crippen LogP contribution is -2.35. The van der Waals surface area contributed by atoms with Gasteiger partial charge in [-0.3, -0.25) is 4.79 Å². The maximum absolute atomic E-state index is 12.2. The number of aromatic nitrogens is 2. The van der Waals surface area contributed by atoms with Crippen molar-refractivity contribution in [2.75, 3.05) is 13.1 Å². The summed E-state index contributed by atoms with van der Waals surface area (Å²) >= 11 is 5.83. The van der Waals surface area contributed by atoms with Crippen LogP contribution in [0.15, 0.2) is 33.5 Å². The Labute approximate surface area is 137 Å².